The smallest absolute Gasteiger partial charge is 0.338 e. The van der Waals surface area contributed by atoms with Gasteiger partial charge in [-0.3, -0.25) is 0 Å². The summed E-state index contributed by atoms with van der Waals surface area (Å²) in [5.41, 5.74) is 2.35. The molecule has 0 fully saturated rings. The van der Waals surface area contributed by atoms with Crippen LogP contribution in [0.15, 0.2) is 54.7 Å². The topological polar surface area (TPSA) is 51.3 Å². The lowest BCUT2D eigenvalue weighted by Crippen LogP contribution is -2.07. The molecular formula is C17H15NO3. The van der Waals surface area contributed by atoms with E-state index in [1.165, 1.54) is 7.11 Å². The van der Waals surface area contributed by atoms with Crippen LogP contribution in [0.4, 0.5) is 0 Å². The van der Waals surface area contributed by atoms with Gasteiger partial charge in [-0.15, -0.1) is 0 Å². The fourth-order valence-corrected chi connectivity index (χ4v) is 2.23. The summed E-state index contributed by atoms with van der Waals surface area (Å²) in [7, 11) is 1.37. The molecule has 0 aliphatic rings. The summed E-state index contributed by atoms with van der Waals surface area (Å²) in [5.74, 6) is 0.402. The number of ether oxygens (including phenoxy) is 2. The zero-order valence-corrected chi connectivity index (χ0v) is 11.6. The van der Waals surface area contributed by atoms with Crippen LogP contribution < -0.4 is 4.74 Å². The van der Waals surface area contributed by atoms with Crippen molar-refractivity contribution in [2.45, 2.75) is 6.61 Å². The van der Waals surface area contributed by atoms with Gasteiger partial charge >= 0.3 is 5.97 Å². The minimum absolute atomic E-state index is 0.317. The van der Waals surface area contributed by atoms with Crippen LogP contribution >= 0.6 is 0 Å². The number of carbonyl (C=O) groups is 1. The van der Waals surface area contributed by atoms with Gasteiger partial charge in [-0.25, -0.2) is 4.79 Å². The lowest BCUT2D eigenvalue weighted by Gasteiger charge is -2.10. The molecule has 106 valence electrons. The Hall–Kier alpha value is -2.75. The standard InChI is InChI=1S/C17H15NO3/c1-20-17(19)15-5-3-2-4-13(15)11-21-14-7-6-12-8-9-18-16(12)10-14/h2-10,18H,11H2,1H3. The maximum atomic E-state index is 11.7. The number of benzene rings is 2. The van der Waals surface area contributed by atoms with Gasteiger partial charge in [-0.2, -0.15) is 0 Å². The lowest BCUT2D eigenvalue weighted by molar-refractivity contribution is 0.0597. The molecule has 0 bridgehead atoms. The average molecular weight is 281 g/mol. The van der Waals surface area contributed by atoms with E-state index >= 15 is 0 Å². The van der Waals surface area contributed by atoms with E-state index in [1.54, 1.807) is 12.1 Å². The number of nitrogens with one attached hydrogen (secondary N) is 1. The molecular weight excluding hydrogens is 266 g/mol. The first-order chi connectivity index (χ1) is 10.3. The van der Waals surface area contributed by atoms with Crippen molar-refractivity contribution in [1.29, 1.82) is 0 Å². The minimum atomic E-state index is -0.353. The van der Waals surface area contributed by atoms with E-state index in [1.807, 2.05) is 42.6 Å². The largest absolute Gasteiger partial charge is 0.489 e. The van der Waals surface area contributed by atoms with Crippen molar-refractivity contribution in [1.82, 2.24) is 4.98 Å². The number of carbonyl (C=O) groups excluding carboxylic acids is 1. The van der Waals surface area contributed by atoms with Crippen molar-refractivity contribution in [3.05, 3.63) is 65.9 Å². The molecule has 4 nitrogen and oxygen atoms in total. The maximum Gasteiger partial charge on any atom is 0.338 e. The van der Waals surface area contributed by atoms with Crippen LogP contribution in [-0.4, -0.2) is 18.1 Å². The maximum absolute atomic E-state index is 11.7. The quantitative estimate of drug-likeness (QED) is 0.744. The van der Waals surface area contributed by atoms with Crippen LogP contribution in [0.2, 0.25) is 0 Å². The Morgan fingerprint density at radius 2 is 2.00 bits per heavy atom. The highest BCUT2D eigenvalue weighted by Crippen LogP contribution is 2.21. The van der Waals surface area contributed by atoms with Gasteiger partial charge in [-0.1, -0.05) is 18.2 Å². The molecule has 0 aliphatic heterocycles. The third-order valence-electron chi connectivity index (χ3n) is 3.34. The number of fused-ring (bicyclic) bond motifs is 1. The first kappa shape index (κ1) is 13.2. The van der Waals surface area contributed by atoms with Crippen LogP contribution in [0.1, 0.15) is 15.9 Å². The molecule has 1 heterocycles. The van der Waals surface area contributed by atoms with E-state index < -0.39 is 0 Å². The molecule has 0 saturated heterocycles. The molecule has 2 aromatic carbocycles. The Labute approximate surface area is 122 Å². The highest BCUT2D eigenvalue weighted by molar-refractivity contribution is 5.90. The Morgan fingerprint density at radius 1 is 1.14 bits per heavy atom. The number of hydrogen-bond donors (Lipinski definition) is 1. The van der Waals surface area contributed by atoms with Crippen molar-refractivity contribution >= 4 is 16.9 Å². The van der Waals surface area contributed by atoms with Crippen molar-refractivity contribution in [2.75, 3.05) is 7.11 Å². The van der Waals surface area contributed by atoms with Gasteiger partial charge in [0.1, 0.15) is 12.4 Å². The molecule has 0 spiro atoms. The van der Waals surface area contributed by atoms with Crippen molar-refractivity contribution in [3.63, 3.8) is 0 Å². The normalized spacial score (nSPS) is 10.5. The van der Waals surface area contributed by atoms with Crippen LogP contribution in [0, 0.1) is 0 Å². The second-order valence-electron chi connectivity index (χ2n) is 4.66. The van der Waals surface area contributed by atoms with E-state index in [4.69, 9.17) is 9.47 Å². The second kappa shape index (κ2) is 5.71. The molecule has 0 atom stereocenters. The van der Waals surface area contributed by atoms with Crippen LogP contribution in [0.25, 0.3) is 10.9 Å². The molecule has 0 aliphatic carbocycles. The summed E-state index contributed by atoms with van der Waals surface area (Å²) < 4.78 is 10.6. The minimum Gasteiger partial charge on any atom is -0.489 e. The number of methoxy groups -OCH3 is 1. The van der Waals surface area contributed by atoms with Crippen LogP contribution in [-0.2, 0) is 11.3 Å². The first-order valence-electron chi connectivity index (χ1n) is 6.64. The summed E-state index contributed by atoms with van der Waals surface area (Å²) >= 11 is 0. The lowest BCUT2D eigenvalue weighted by atomic mass is 10.1. The van der Waals surface area contributed by atoms with E-state index in [9.17, 15) is 4.79 Å². The molecule has 4 heteroatoms. The predicted octanol–water partition coefficient (Wildman–Crippen LogP) is 3.53. The Balaban J connectivity index is 1.79. The van der Waals surface area contributed by atoms with Crippen molar-refractivity contribution < 1.29 is 14.3 Å². The average Bonchev–Trinajstić information content (AvgIpc) is 3.00. The van der Waals surface area contributed by atoms with Gasteiger partial charge in [-0.05, 0) is 29.7 Å². The Bertz CT molecular complexity index is 776. The van der Waals surface area contributed by atoms with Gasteiger partial charge in [0.2, 0.25) is 0 Å². The van der Waals surface area contributed by atoms with Gasteiger partial charge in [0, 0.05) is 23.3 Å². The molecule has 3 aromatic rings. The summed E-state index contributed by atoms with van der Waals surface area (Å²) in [4.78, 5) is 14.8. The number of hydrogen-bond acceptors (Lipinski definition) is 3. The summed E-state index contributed by atoms with van der Waals surface area (Å²) in [6.07, 6.45) is 1.89. The van der Waals surface area contributed by atoms with Crippen molar-refractivity contribution in [2.24, 2.45) is 0 Å². The van der Waals surface area contributed by atoms with E-state index in [2.05, 4.69) is 4.98 Å². The molecule has 21 heavy (non-hydrogen) atoms. The number of aromatic nitrogens is 1. The first-order valence-corrected chi connectivity index (χ1v) is 6.64. The fourth-order valence-electron chi connectivity index (χ4n) is 2.23. The van der Waals surface area contributed by atoms with Crippen molar-refractivity contribution in [3.8, 4) is 5.75 Å². The highest BCUT2D eigenvalue weighted by atomic mass is 16.5. The van der Waals surface area contributed by atoms with Crippen LogP contribution in [0.5, 0.6) is 5.75 Å². The molecule has 3 rings (SSSR count). The zero-order valence-electron chi connectivity index (χ0n) is 11.6. The Morgan fingerprint density at radius 3 is 2.86 bits per heavy atom. The van der Waals surface area contributed by atoms with Gasteiger partial charge in [0.05, 0.1) is 12.7 Å². The van der Waals surface area contributed by atoms with E-state index in [-0.39, 0.29) is 5.97 Å². The van der Waals surface area contributed by atoms with Crippen LogP contribution in [0.3, 0.4) is 0 Å². The number of H-pyrrole nitrogens is 1. The third-order valence-corrected chi connectivity index (χ3v) is 3.34. The molecule has 0 amide bonds. The number of aromatic amines is 1. The van der Waals surface area contributed by atoms with E-state index in [0.717, 1.165) is 22.2 Å². The molecule has 0 saturated carbocycles. The molecule has 1 N–H and O–H groups in total. The molecule has 0 radical (unpaired) electrons. The fraction of sp³-hybridized carbons (Fsp3) is 0.118. The monoisotopic (exact) mass is 281 g/mol. The third kappa shape index (κ3) is 2.74. The van der Waals surface area contributed by atoms with E-state index in [0.29, 0.717) is 12.2 Å². The highest BCUT2D eigenvalue weighted by Gasteiger charge is 2.11. The SMILES string of the molecule is COC(=O)c1ccccc1COc1ccc2cc[nH]c2c1. The number of rotatable bonds is 4. The Kier molecular flexibility index (Phi) is 3.60. The van der Waals surface area contributed by atoms with Gasteiger partial charge in [0.25, 0.3) is 0 Å². The summed E-state index contributed by atoms with van der Waals surface area (Å²) in [5, 5.41) is 1.14. The zero-order chi connectivity index (χ0) is 14.7. The predicted molar refractivity (Wildman–Crippen MR) is 80.4 cm³/mol. The van der Waals surface area contributed by atoms with Gasteiger partial charge < -0.3 is 14.5 Å². The molecule has 1 aromatic heterocycles. The summed E-state index contributed by atoms with van der Waals surface area (Å²) in [6, 6.07) is 15.1. The second-order valence-corrected chi connectivity index (χ2v) is 4.66. The van der Waals surface area contributed by atoms with Gasteiger partial charge in [0.15, 0.2) is 0 Å². The molecule has 0 unspecified atom stereocenters. The summed E-state index contributed by atoms with van der Waals surface area (Å²) in [6.45, 7) is 0.317. The number of esters is 1.